The number of carboxylic acids is 1. The molecule has 0 aliphatic heterocycles. The predicted octanol–water partition coefficient (Wildman–Crippen LogP) is 2.59. The van der Waals surface area contributed by atoms with Gasteiger partial charge in [0.25, 0.3) is 0 Å². The lowest BCUT2D eigenvalue weighted by molar-refractivity contribution is 0.0685. The summed E-state index contributed by atoms with van der Waals surface area (Å²) in [6.07, 6.45) is 5.73. The van der Waals surface area contributed by atoms with E-state index in [9.17, 15) is 4.79 Å². The van der Waals surface area contributed by atoms with Crippen LogP contribution >= 0.6 is 0 Å². The summed E-state index contributed by atoms with van der Waals surface area (Å²) in [7, 11) is 0. The van der Waals surface area contributed by atoms with E-state index < -0.39 is 5.97 Å². The number of aromatic nitrogens is 1. The molecule has 1 heterocycles. The Balaban J connectivity index is 2.23. The Morgan fingerprint density at radius 3 is 2.67 bits per heavy atom. The van der Waals surface area contributed by atoms with E-state index in [0.29, 0.717) is 0 Å². The van der Waals surface area contributed by atoms with E-state index in [1.165, 1.54) is 19.3 Å². The summed E-state index contributed by atoms with van der Waals surface area (Å²) in [4.78, 5) is 10.7. The summed E-state index contributed by atoms with van der Waals surface area (Å²) >= 11 is 0. The highest BCUT2D eigenvalue weighted by Gasteiger charge is 2.33. The SMILES string of the molecule is CC1(c2cc(C(=O)O)no2)CCCCC1. The predicted molar refractivity (Wildman–Crippen MR) is 53.9 cm³/mol. The maximum Gasteiger partial charge on any atom is 0.358 e. The van der Waals surface area contributed by atoms with Crippen LogP contribution in [0.5, 0.6) is 0 Å². The third-order valence-corrected chi connectivity index (χ3v) is 3.28. The fourth-order valence-corrected chi connectivity index (χ4v) is 2.24. The maximum atomic E-state index is 10.7. The first-order valence-electron chi connectivity index (χ1n) is 5.32. The fraction of sp³-hybridized carbons (Fsp3) is 0.636. The third-order valence-electron chi connectivity index (χ3n) is 3.28. The summed E-state index contributed by atoms with van der Waals surface area (Å²) in [6.45, 7) is 2.12. The van der Waals surface area contributed by atoms with Crippen LogP contribution in [0.1, 0.15) is 55.3 Å². The topological polar surface area (TPSA) is 63.3 Å². The number of hydrogen-bond donors (Lipinski definition) is 1. The summed E-state index contributed by atoms with van der Waals surface area (Å²) in [6, 6.07) is 1.56. The fourth-order valence-electron chi connectivity index (χ4n) is 2.24. The van der Waals surface area contributed by atoms with Crippen molar-refractivity contribution in [2.45, 2.75) is 44.4 Å². The lowest BCUT2D eigenvalue weighted by atomic mass is 9.74. The highest BCUT2D eigenvalue weighted by molar-refractivity contribution is 5.85. The summed E-state index contributed by atoms with van der Waals surface area (Å²) in [5, 5.41) is 12.3. The van der Waals surface area contributed by atoms with Gasteiger partial charge in [-0.05, 0) is 12.8 Å². The molecule has 0 aromatic carbocycles. The zero-order chi connectivity index (χ0) is 10.9. The van der Waals surface area contributed by atoms with Crippen molar-refractivity contribution in [3.05, 3.63) is 17.5 Å². The highest BCUT2D eigenvalue weighted by Crippen LogP contribution is 2.39. The van der Waals surface area contributed by atoms with Crippen molar-refractivity contribution in [2.24, 2.45) is 0 Å². The molecule has 1 aliphatic carbocycles. The van der Waals surface area contributed by atoms with Crippen molar-refractivity contribution in [3.63, 3.8) is 0 Å². The van der Waals surface area contributed by atoms with Crippen LogP contribution in [0.4, 0.5) is 0 Å². The van der Waals surface area contributed by atoms with Gasteiger partial charge < -0.3 is 9.63 Å². The first kappa shape index (κ1) is 10.2. The molecule has 1 N–H and O–H groups in total. The van der Waals surface area contributed by atoms with Crippen molar-refractivity contribution in [2.75, 3.05) is 0 Å². The average molecular weight is 209 g/mol. The normalized spacial score (nSPS) is 20.1. The van der Waals surface area contributed by atoms with Gasteiger partial charge in [-0.25, -0.2) is 4.79 Å². The van der Waals surface area contributed by atoms with Gasteiger partial charge in [0, 0.05) is 11.5 Å². The molecular weight excluding hydrogens is 194 g/mol. The number of nitrogens with zero attached hydrogens (tertiary/aromatic N) is 1. The van der Waals surface area contributed by atoms with E-state index >= 15 is 0 Å². The van der Waals surface area contributed by atoms with E-state index in [4.69, 9.17) is 9.63 Å². The molecule has 4 nitrogen and oxygen atoms in total. The summed E-state index contributed by atoms with van der Waals surface area (Å²) in [5.41, 5.74) is -0.00401. The van der Waals surface area contributed by atoms with Gasteiger partial charge >= 0.3 is 5.97 Å². The lowest BCUT2D eigenvalue weighted by Crippen LogP contribution is -2.24. The van der Waals surface area contributed by atoms with E-state index in [0.717, 1.165) is 18.6 Å². The molecule has 82 valence electrons. The molecule has 0 amide bonds. The first-order valence-corrected chi connectivity index (χ1v) is 5.32. The van der Waals surface area contributed by atoms with Crippen LogP contribution in [0, 0.1) is 0 Å². The molecule has 1 saturated carbocycles. The van der Waals surface area contributed by atoms with Crippen molar-refractivity contribution in [1.29, 1.82) is 0 Å². The first-order chi connectivity index (χ1) is 7.12. The summed E-state index contributed by atoms with van der Waals surface area (Å²) in [5.74, 6) is -0.302. The number of carboxylic acid groups (broad SMARTS) is 1. The van der Waals surface area contributed by atoms with Crippen LogP contribution in [0.2, 0.25) is 0 Å². The Labute approximate surface area is 88.3 Å². The third kappa shape index (κ3) is 1.89. The monoisotopic (exact) mass is 209 g/mol. The van der Waals surface area contributed by atoms with Gasteiger partial charge in [-0.3, -0.25) is 0 Å². The van der Waals surface area contributed by atoms with Gasteiger partial charge in [0.1, 0.15) is 5.76 Å². The molecule has 1 aromatic rings. The second kappa shape index (κ2) is 3.68. The second-order valence-corrected chi connectivity index (χ2v) is 4.50. The van der Waals surface area contributed by atoms with E-state index in [1.807, 2.05) is 0 Å². The molecule has 0 unspecified atom stereocenters. The van der Waals surface area contributed by atoms with Gasteiger partial charge in [0.15, 0.2) is 5.69 Å². The number of aromatic carboxylic acids is 1. The number of hydrogen-bond acceptors (Lipinski definition) is 3. The van der Waals surface area contributed by atoms with Crippen LogP contribution in [-0.2, 0) is 5.41 Å². The molecule has 0 radical (unpaired) electrons. The molecule has 0 atom stereocenters. The Morgan fingerprint density at radius 2 is 2.13 bits per heavy atom. The minimum absolute atomic E-state index is 0.0109. The van der Waals surface area contributed by atoms with Crippen molar-refractivity contribution in [3.8, 4) is 0 Å². The average Bonchev–Trinajstić information content (AvgIpc) is 2.68. The van der Waals surface area contributed by atoms with Crippen LogP contribution in [0.15, 0.2) is 10.6 Å². The summed E-state index contributed by atoms with van der Waals surface area (Å²) < 4.78 is 5.14. The maximum absolute atomic E-state index is 10.7. The molecule has 0 spiro atoms. The van der Waals surface area contributed by atoms with E-state index in [-0.39, 0.29) is 11.1 Å². The molecular formula is C11H15NO3. The molecule has 1 aromatic heterocycles. The Bertz CT molecular complexity index is 364. The van der Waals surface area contributed by atoms with Gasteiger partial charge in [-0.2, -0.15) is 0 Å². The van der Waals surface area contributed by atoms with Crippen molar-refractivity contribution >= 4 is 5.97 Å². The molecule has 15 heavy (non-hydrogen) atoms. The van der Waals surface area contributed by atoms with Gasteiger partial charge in [0.05, 0.1) is 0 Å². The Kier molecular flexibility index (Phi) is 2.50. The molecule has 0 saturated heterocycles. The van der Waals surface area contributed by atoms with Gasteiger partial charge in [-0.1, -0.05) is 31.3 Å². The number of rotatable bonds is 2. The van der Waals surface area contributed by atoms with E-state index in [2.05, 4.69) is 12.1 Å². The van der Waals surface area contributed by atoms with Crippen LogP contribution < -0.4 is 0 Å². The zero-order valence-electron chi connectivity index (χ0n) is 8.82. The molecule has 0 bridgehead atoms. The molecule has 1 fully saturated rings. The smallest absolute Gasteiger partial charge is 0.358 e. The largest absolute Gasteiger partial charge is 0.476 e. The molecule has 1 aliphatic rings. The van der Waals surface area contributed by atoms with Crippen LogP contribution in [-0.4, -0.2) is 16.2 Å². The lowest BCUT2D eigenvalue weighted by Gasteiger charge is -2.30. The minimum atomic E-state index is -1.02. The molecule has 4 heteroatoms. The Morgan fingerprint density at radius 1 is 1.47 bits per heavy atom. The standard InChI is InChI=1S/C11H15NO3/c1-11(5-3-2-4-6-11)9-7-8(10(13)14)12-15-9/h7H,2-6H2,1H3,(H,13,14). The number of carbonyl (C=O) groups is 1. The van der Waals surface area contributed by atoms with Crippen LogP contribution in [0.25, 0.3) is 0 Å². The van der Waals surface area contributed by atoms with Crippen LogP contribution in [0.3, 0.4) is 0 Å². The van der Waals surface area contributed by atoms with Gasteiger partial charge in [0.2, 0.25) is 0 Å². The second-order valence-electron chi connectivity index (χ2n) is 4.50. The highest BCUT2D eigenvalue weighted by atomic mass is 16.5. The van der Waals surface area contributed by atoms with Gasteiger partial charge in [-0.15, -0.1) is 0 Å². The van der Waals surface area contributed by atoms with E-state index in [1.54, 1.807) is 6.07 Å². The van der Waals surface area contributed by atoms with Crippen molar-refractivity contribution < 1.29 is 14.4 Å². The molecule has 2 rings (SSSR count). The quantitative estimate of drug-likeness (QED) is 0.813. The van der Waals surface area contributed by atoms with Crippen molar-refractivity contribution in [1.82, 2.24) is 5.16 Å². The zero-order valence-corrected chi connectivity index (χ0v) is 8.82. The Hall–Kier alpha value is -1.32. The minimum Gasteiger partial charge on any atom is -0.476 e.